The summed E-state index contributed by atoms with van der Waals surface area (Å²) in [5.41, 5.74) is 5.66. The van der Waals surface area contributed by atoms with Gasteiger partial charge in [-0.3, -0.25) is 14.6 Å². The minimum absolute atomic E-state index is 0.122. The van der Waals surface area contributed by atoms with Gasteiger partial charge in [-0.1, -0.05) is 30.6 Å². The second kappa shape index (κ2) is 10.2. The number of benzene rings is 1. The zero-order chi connectivity index (χ0) is 19.6. The summed E-state index contributed by atoms with van der Waals surface area (Å²) in [6.45, 7) is 2.84. The number of carbonyl (C=O) groups is 1. The van der Waals surface area contributed by atoms with Gasteiger partial charge in [0, 0.05) is 30.7 Å². The van der Waals surface area contributed by atoms with Crippen molar-refractivity contribution in [3.05, 3.63) is 77.4 Å². The maximum Gasteiger partial charge on any atom is 0.276 e. The van der Waals surface area contributed by atoms with Gasteiger partial charge in [0.2, 0.25) is 0 Å². The number of hydrogen-bond acceptors (Lipinski definition) is 6. The van der Waals surface area contributed by atoms with Crippen LogP contribution in [0.1, 0.15) is 47.1 Å². The summed E-state index contributed by atoms with van der Waals surface area (Å²) in [5, 5.41) is 7.26. The fourth-order valence-electron chi connectivity index (χ4n) is 2.66. The van der Waals surface area contributed by atoms with Gasteiger partial charge in [0.1, 0.15) is 6.61 Å². The van der Waals surface area contributed by atoms with Crippen molar-refractivity contribution in [2.75, 3.05) is 5.32 Å². The van der Waals surface area contributed by atoms with Crippen LogP contribution in [0.2, 0.25) is 0 Å². The first-order valence-corrected chi connectivity index (χ1v) is 9.34. The fourth-order valence-corrected chi connectivity index (χ4v) is 2.66. The van der Waals surface area contributed by atoms with Crippen LogP contribution >= 0.6 is 0 Å². The van der Waals surface area contributed by atoms with Crippen LogP contribution in [0.3, 0.4) is 0 Å². The third kappa shape index (κ3) is 5.65. The van der Waals surface area contributed by atoms with Crippen molar-refractivity contribution in [1.29, 1.82) is 0 Å². The number of nitrogens with one attached hydrogen (secondary N) is 2. The third-order valence-corrected chi connectivity index (χ3v) is 4.18. The highest BCUT2D eigenvalue weighted by atomic mass is 16.7. The number of hydroxylamine groups is 1. The molecule has 0 bridgehead atoms. The van der Waals surface area contributed by atoms with Crippen molar-refractivity contribution in [3.8, 4) is 0 Å². The van der Waals surface area contributed by atoms with Crippen LogP contribution in [0.4, 0.5) is 5.69 Å². The van der Waals surface area contributed by atoms with E-state index in [2.05, 4.69) is 27.9 Å². The van der Waals surface area contributed by atoms with Crippen LogP contribution in [0.25, 0.3) is 0 Å². The minimum atomic E-state index is -0.330. The van der Waals surface area contributed by atoms with Gasteiger partial charge in [-0.05, 0) is 42.7 Å². The molecule has 28 heavy (non-hydrogen) atoms. The van der Waals surface area contributed by atoms with Crippen LogP contribution < -0.4 is 10.8 Å². The van der Waals surface area contributed by atoms with Gasteiger partial charge < -0.3 is 9.84 Å². The van der Waals surface area contributed by atoms with Gasteiger partial charge in [0.05, 0.1) is 11.3 Å². The Morgan fingerprint density at radius 3 is 2.82 bits per heavy atom. The molecule has 0 unspecified atom stereocenters. The summed E-state index contributed by atoms with van der Waals surface area (Å²) in [6.07, 6.45) is 6.51. The van der Waals surface area contributed by atoms with Crippen molar-refractivity contribution in [2.24, 2.45) is 0 Å². The minimum Gasteiger partial charge on any atom is -0.380 e. The highest BCUT2D eigenvalue weighted by Crippen LogP contribution is 2.16. The average Bonchev–Trinajstić information content (AvgIpc) is 3.19. The maximum atomic E-state index is 12.5. The van der Waals surface area contributed by atoms with Crippen molar-refractivity contribution >= 4 is 11.6 Å². The molecule has 146 valence electrons. The first-order chi connectivity index (χ1) is 13.8. The number of anilines is 1. The molecule has 1 aromatic carbocycles. The molecule has 0 fully saturated rings. The monoisotopic (exact) mass is 380 g/mol. The van der Waals surface area contributed by atoms with E-state index in [4.69, 9.17) is 9.36 Å². The maximum absolute atomic E-state index is 12.5. The van der Waals surface area contributed by atoms with Crippen LogP contribution in [0, 0.1) is 0 Å². The highest BCUT2D eigenvalue weighted by Gasteiger charge is 2.12. The van der Waals surface area contributed by atoms with E-state index in [0.29, 0.717) is 17.9 Å². The van der Waals surface area contributed by atoms with E-state index in [0.717, 1.165) is 36.2 Å². The molecular formula is C21H24N4O3. The Morgan fingerprint density at radius 1 is 1.18 bits per heavy atom. The van der Waals surface area contributed by atoms with Crippen LogP contribution in [-0.4, -0.2) is 16.0 Å². The number of carbonyl (C=O) groups excluding carboxylic acids is 1. The molecule has 2 heterocycles. The topological polar surface area (TPSA) is 89.3 Å². The number of aryl methyl sites for hydroxylation is 1. The normalized spacial score (nSPS) is 10.6. The number of unbranched alkanes of at least 4 members (excludes halogenated alkanes) is 1. The van der Waals surface area contributed by atoms with Crippen LogP contribution in [0.5, 0.6) is 0 Å². The first-order valence-electron chi connectivity index (χ1n) is 9.34. The van der Waals surface area contributed by atoms with Gasteiger partial charge in [-0.25, -0.2) is 5.48 Å². The number of para-hydroxylation sites is 1. The molecule has 0 atom stereocenters. The number of aromatic nitrogens is 2. The predicted molar refractivity (Wildman–Crippen MR) is 105 cm³/mol. The summed E-state index contributed by atoms with van der Waals surface area (Å²) in [6, 6.07) is 13.0. The number of amides is 1. The summed E-state index contributed by atoms with van der Waals surface area (Å²) in [4.78, 5) is 21.8. The quantitative estimate of drug-likeness (QED) is 0.519. The van der Waals surface area contributed by atoms with Crippen molar-refractivity contribution in [3.63, 3.8) is 0 Å². The van der Waals surface area contributed by atoms with E-state index >= 15 is 0 Å². The summed E-state index contributed by atoms with van der Waals surface area (Å²) in [5.74, 6) is 0.249. The van der Waals surface area contributed by atoms with Crippen LogP contribution in [0.15, 0.2) is 59.4 Å². The lowest BCUT2D eigenvalue weighted by Gasteiger charge is -2.12. The summed E-state index contributed by atoms with van der Waals surface area (Å²) >= 11 is 0. The van der Waals surface area contributed by atoms with E-state index in [-0.39, 0.29) is 12.5 Å². The largest absolute Gasteiger partial charge is 0.380 e. The second-order valence-electron chi connectivity index (χ2n) is 6.36. The molecule has 7 nitrogen and oxygen atoms in total. The molecule has 0 aliphatic rings. The molecule has 1 amide bonds. The predicted octanol–water partition coefficient (Wildman–Crippen LogP) is 3.89. The number of nitrogens with zero attached hydrogens (tertiary/aromatic N) is 2. The van der Waals surface area contributed by atoms with Crippen LogP contribution in [-0.2, 0) is 24.4 Å². The van der Waals surface area contributed by atoms with E-state index < -0.39 is 0 Å². The Balaban J connectivity index is 1.52. The molecule has 2 aromatic heterocycles. The summed E-state index contributed by atoms with van der Waals surface area (Å²) < 4.78 is 5.22. The highest BCUT2D eigenvalue weighted by molar-refractivity contribution is 5.98. The lowest BCUT2D eigenvalue weighted by atomic mass is 10.1. The molecule has 3 rings (SSSR count). The van der Waals surface area contributed by atoms with Crippen molar-refractivity contribution in [2.45, 2.75) is 39.3 Å². The molecule has 2 N–H and O–H groups in total. The van der Waals surface area contributed by atoms with E-state index in [1.165, 1.54) is 0 Å². The Labute approximate surface area is 164 Å². The lowest BCUT2D eigenvalue weighted by molar-refractivity contribution is 0.0156. The molecule has 0 radical (unpaired) electrons. The molecule has 0 saturated heterocycles. The van der Waals surface area contributed by atoms with Crippen molar-refractivity contribution < 1.29 is 14.2 Å². The third-order valence-electron chi connectivity index (χ3n) is 4.18. The average molecular weight is 380 g/mol. The Kier molecular flexibility index (Phi) is 7.14. The smallest absolute Gasteiger partial charge is 0.276 e. The standard InChI is InChI=1S/C21H24N4O3/c1-2-3-6-17-13-18(28-24-17)15-27-25-21(26)19-7-4-5-8-20(19)23-14-16-9-11-22-12-10-16/h4-5,7-13,23H,2-3,6,14-15H2,1H3,(H,25,26). The zero-order valence-corrected chi connectivity index (χ0v) is 15.9. The van der Waals surface area contributed by atoms with E-state index in [9.17, 15) is 4.79 Å². The van der Waals surface area contributed by atoms with Gasteiger partial charge in [-0.15, -0.1) is 0 Å². The van der Waals surface area contributed by atoms with Gasteiger partial charge >= 0.3 is 0 Å². The summed E-state index contributed by atoms with van der Waals surface area (Å²) in [7, 11) is 0. The number of pyridine rings is 1. The Morgan fingerprint density at radius 2 is 2.00 bits per heavy atom. The lowest BCUT2D eigenvalue weighted by Crippen LogP contribution is -2.24. The Bertz CT molecular complexity index is 880. The second-order valence-corrected chi connectivity index (χ2v) is 6.36. The fraction of sp³-hybridized carbons (Fsp3) is 0.286. The molecule has 0 aliphatic carbocycles. The SMILES string of the molecule is CCCCc1cc(CONC(=O)c2ccccc2NCc2ccncc2)on1. The van der Waals surface area contributed by atoms with Gasteiger partial charge in [-0.2, -0.15) is 0 Å². The van der Waals surface area contributed by atoms with Gasteiger partial charge in [0.25, 0.3) is 5.91 Å². The molecular weight excluding hydrogens is 356 g/mol. The molecule has 0 aliphatic heterocycles. The zero-order valence-electron chi connectivity index (χ0n) is 15.9. The molecule has 0 saturated carbocycles. The molecule has 7 heteroatoms. The first kappa shape index (κ1) is 19.6. The number of rotatable bonds is 10. The van der Waals surface area contributed by atoms with Crippen molar-refractivity contribution in [1.82, 2.24) is 15.6 Å². The van der Waals surface area contributed by atoms with E-state index in [1.54, 1.807) is 18.5 Å². The van der Waals surface area contributed by atoms with Gasteiger partial charge in [0.15, 0.2) is 5.76 Å². The number of hydrogen-bond donors (Lipinski definition) is 2. The molecule has 3 aromatic rings. The Hall–Kier alpha value is -3.19. The molecule has 0 spiro atoms. The van der Waals surface area contributed by atoms with E-state index in [1.807, 2.05) is 36.4 Å².